The van der Waals surface area contributed by atoms with Crippen LogP contribution in [-0.4, -0.2) is 25.1 Å². The molecule has 4 unspecified atom stereocenters. The summed E-state index contributed by atoms with van der Waals surface area (Å²) in [5, 5.41) is 0. The van der Waals surface area contributed by atoms with Crippen molar-refractivity contribution in [1.29, 1.82) is 0 Å². The summed E-state index contributed by atoms with van der Waals surface area (Å²) < 4.78 is 0. The Balaban J connectivity index is 2.43. The van der Waals surface area contributed by atoms with Crippen molar-refractivity contribution in [3.63, 3.8) is 0 Å². The zero-order chi connectivity index (χ0) is 11.7. The number of hydrogen-bond donors (Lipinski definition) is 0. The second-order valence-corrected chi connectivity index (χ2v) is 4.11. The van der Waals surface area contributed by atoms with Gasteiger partial charge in [-0.15, -0.1) is 0 Å². The molecule has 0 aliphatic heterocycles. The molecule has 4 atom stereocenters. The summed E-state index contributed by atoms with van der Waals surface area (Å²) in [7, 11) is 0. The Labute approximate surface area is 92.7 Å². The fourth-order valence-electron chi connectivity index (χ4n) is 2.75. The number of fused-ring (bicyclic) bond motifs is 2. The van der Waals surface area contributed by atoms with Gasteiger partial charge in [0.05, 0.1) is 0 Å². The Morgan fingerprint density at radius 1 is 0.562 bits per heavy atom. The van der Waals surface area contributed by atoms with Crippen LogP contribution in [0.3, 0.4) is 0 Å². The normalized spacial score (nSPS) is 45.0. The van der Waals surface area contributed by atoms with Crippen LogP contribution >= 0.6 is 0 Å². The van der Waals surface area contributed by atoms with Crippen molar-refractivity contribution in [2.24, 2.45) is 35.5 Å². The second-order valence-electron chi connectivity index (χ2n) is 4.11. The van der Waals surface area contributed by atoms with Crippen LogP contribution in [0.5, 0.6) is 0 Å². The van der Waals surface area contributed by atoms with E-state index < -0.39 is 35.5 Å². The fourth-order valence-corrected chi connectivity index (χ4v) is 2.75. The van der Waals surface area contributed by atoms with Crippen LogP contribution < -0.4 is 0 Å². The summed E-state index contributed by atoms with van der Waals surface area (Å²) in [6, 6.07) is 0. The molecule has 0 spiro atoms. The molecule has 1 saturated carbocycles. The molecule has 16 heavy (non-hydrogen) atoms. The molecule has 0 N–H and O–H groups in total. The van der Waals surface area contributed by atoms with Crippen molar-refractivity contribution in [1.82, 2.24) is 0 Å². The second kappa shape index (κ2) is 4.12. The van der Waals surface area contributed by atoms with Crippen molar-refractivity contribution in [2.45, 2.75) is 0 Å². The van der Waals surface area contributed by atoms with E-state index in [1.54, 1.807) is 37.3 Å². The Bertz CT molecular complexity index is 298. The van der Waals surface area contributed by atoms with E-state index in [2.05, 4.69) is 0 Å². The van der Waals surface area contributed by atoms with Crippen molar-refractivity contribution in [3.8, 4) is 0 Å². The molecule has 4 nitrogen and oxygen atoms in total. The SMILES string of the molecule is O=[C]C1C([C]=O)C2C=CC1C([C]=O)C2[C]=O. The third-order valence-electron chi connectivity index (χ3n) is 3.53. The van der Waals surface area contributed by atoms with Crippen LogP contribution in [0.4, 0.5) is 0 Å². The Hall–Kier alpha value is -1.58. The highest BCUT2D eigenvalue weighted by atomic mass is 16.1. The molecule has 4 radical (unpaired) electrons. The van der Waals surface area contributed by atoms with E-state index in [-0.39, 0.29) is 0 Å². The molecule has 0 saturated heterocycles. The smallest absolute Gasteiger partial charge is 0.203 e. The Morgan fingerprint density at radius 2 is 0.812 bits per heavy atom. The van der Waals surface area contributed by atoms with Gasteiger partial charge in [-0.3, -0.25) is 19.2 Å². The first-order chi connectivity index (χ1) is 7.78. The minimum absolute atomic E-state index is 0.474. The van der Waals surface area contributed by atoms with Crippen molar-refractivity contribution < 1.29 is 19.2 Å². The first-order valence-corrected chi connectivity index (χ1v) is 4.97. The zero-order valence-corrected chi connectivity index (χ0v) is 8.25. The highest BCUT2D eigenvalue weighted by Crippen LogP contribution is 2.48. The summed E-state index contributed by atoms with van der Waals surface area (Å²) >= 11 is 0. The van der Waals surface area contributed by atoms with Gasteiger partial charge in [-0.1, -0.05) is 12.2 Å². The first kappa shape index (κ1) is 10.9. The summed E-state index contributed by atoms with van der Waals surface area (Å²) in [6.07, 6.45) is 10.5. The maximum atomic E-state index is 10.8. The van der Waals surface area contributed by atoms with Crippen molar-refractivity contribution >= 4 is 25.1 Å². The molecule has 3 aliphatic rings. The van der Waals surface area contributed by atoms with Gasteiger partial charge in [-0.25, -0.2) is 0 Å². The largest absolute Gasteiger partial charge is 0.291 e. The van der Waals surface area contributed by atoms with Gasteiger partial charge in [-0.05, 0) is 11.8 Å². The lowest BCUT2D eigenvalue weighted by Crippen LogP contribution is -2.50. The van der Waals surface area contributed by atoms with Crippen molar-refractivity contribution in [3.05, 3.63) is 12.2 Å². The number of rotatable bonds is 4. The Morgan fingerprint density at radius 3 is 1.00 bits per heavy atom. The highest BCUT2D eigenvalue weighted by molar-refractivity contribution is 5.76. The van der Waals surface area contributed by atoms with Crippen LogP contribution in [0.25, 0.3) is 0 Å². The minimum atomic E-state index is -0.691. The van der Waals surface area contributed by atoms with Crippen LogP contribution in [0.1, 0.15) is 0 Å². The quantitative estimate of drug-likeness (QED) is 0.605. The van der Waals surface area contributed by atoms with Gasteiger partial charge in [0.1, 0.15) is 0 Å². The topological polar surface area (TPSA) is 68.3 Å². The molecular formula is C12H8O4. The summed E-state index contributed by atoms with van der Waals surface area (Å²) in [5.74, 6) is -3.71. The van der Waals surface area contributed by atoms with Gasteiger partial charge in [0.15, 0.2) is 0 Å². The van der Waals surface area contributed by atoms with Crippen LogP contribution in [0, 0.1) is 35.5 Å². The predicted molar refractivity (Wildman–Crippen MR) is 52.9 cm³/mol. The third-order valence-corrected chi connectivity index (χ3v) is 3.53. The van der Waals surface area contributed by atoms with E-state index in [0.717, 1.165) is 0 Å². The van der Waals surface area contributed by atoms with Gasteiger partial charge < -0.3 is 0 Å². The van der Waals surface area contributed by atoms with E-state index in [1.165, 1.54) is 0 Å². The Kier molecular flexibility index (Phi) is 2.81. The van der Waals surface area contributed by atoms with Gasteiger partial charge in [-0.2, -0.15) is 0 Å². The zero-order valence-electron chi connectivity index (χ0n) is 8.25. The molecule has 0 aromatic rings. The van der Waals surface area contributed by atoms with E-state index in [4.69, 9.17) is 0 Å². The van der Waals surface area contributed by atoms with E-state index in [1.807, 2.05) is 0 Å². The standard InChI is InChI=1S/C12H8O4/c13-3-9-7-1-2-8(11(9)5-15)12(6-16)10(7)4-14/h1-2,7-12H. The monoisotopic (exact) mass is 216 g/mol. The van der Waals surface area contributed by atoms with Gasteiger partial charge in [0.2, 0.25) is 25.1 Å². The fraction of sp³-hybridized carbons (Fsp3) is 0.500. The van der Waals surface area contributed by atoms with E-state index in [0.29, 0.717) is 0 Å². The lowest BCUT2D eigenvalue weighted by atomic mass is 9.54. The van der Waals surface area contributed by atoms with Gasteiger partial charge in [0, 0.05) is 23.7 Å². The molecule has 1 fully saturated rings. The van der Waals surface area contributed by atoms with Gasteiger partial charge in [0.25, 0.3) is 0 Å². The maximum absolute atomic E-state index is 10.8. The lowest BCUT2D eigenvalue weighted by molar-refractivity contribution is 0.140. The molecule has 0 aromatic carbocycles. The molecule has 3 rings (SSSR count). The predicted octanol–water partition coefficient (Wildman–Crippen LogP) is -0.294. The van der Waals surface area contributed by atoms with Gasteiger partial charge >= 0.3 is 0 Å². The molecule has 0 aromatic heterocycles. The molecule has 80 valence electrons. The van der Waals surface area contributed by atoms with E-state index >= 15 is 0 Å². The summed E-state index contributed by atoms with van der Waals surface area (Å²) in [4.78, 5) is 43.2. The van der Waals surface area contributed by atoms with Crippen LogP contribution in [0.2, 0.25) is 0 Å². The third kappa shape index (κ3) is 1.29. The average molecular weight is 216 g/mol. The number of carbonyl (C=O) groups excluding carboxylic acids is 4. The molecular weight excluding hydrogens is 208 g/mol. The number of allylic oxidation sites excluding steroid dienone is 2. The van der Waals surface area contributed by atoms with Crippen LogP contribution in [0.15, 0.2) is 12.2 Å². The first-order valence-electron chi connectivity index (χ1n) is 4.97. The van der Waals surface area contributed by atoms with E-state index in [9.17, 15) is 19.2 Å². The lowest BCUT2D eigenvalue weighted by Gasteiger charge is -2.45. The van der Waals surface area contributed by atoms with Crippen LogP contribution in [-0.2, 0) is 19.2 Å². The summed E-state index contributed by atoms with van der Waals surface area (Å²) in [5.41, 5.74) is 0. The molecule has 2 bridgehead atoms. The number of hydrogen-bond acceptors (Lipinski definition) is 4. The average Bonchev–Trinajstić information content (AvgIpc) is 2.36. The molecule has 0 heterocycles. The molecule has 3 aliphatic carbocycles. The van der Waals surface area contributed by atoms with Crippen molar-refractivity contribution in [2.75, 3.05) is 0 Å². The minimum Gasteiger partial charge on any atom is -0.291 e. The summed E-state index contributed by atoms with van der Waals surface area (Å²) in [6.45, 7) is 0. The molecule has 4 heteroatoms. The molecule has 0 amide bonds. The highest BCUT2D eigenvalue weighted by Gasteiger charge is 2.52. The maximum Gasteiger partial charge on any atom is 0.203 e.